The van der Waals surface area contributed by atoms with Crippen LogP contribution in [0, 0.1) is 5.92 Å². The van der Waals surface area contributed by atoms with Crippen molar-refractivity contribution in [3.8, 4) is 0 Å². The van der Waals surface area contributed by atoms with Gasteiger partial charge in [-0.3, -0.25) is 14.5 Å². The minimum Gasteiger partial charge on any atom is -0.368 e. The van der Waals surface area contributed by atoms with Crippen molar-refractivity contribution in [1.29, 1.82) is 0 Å². The molecule has 1 atom stereocenters. The number of urea groups is 1. The van der Waals surface area contributed by atoms with E-state index in [1.165, 1.54) is 0 Å². The predicted molar refractivity (Wildman–Crippen MR) is 106 cm³/mol. The minimum atomic E-state index is -0.585. The van der Waals surface area contributed by atoms with Gasteiger partial charge in [0.05, 0.1) is 11.6 Å². The lowest BCUT2D eigenvalue weighted by atomic mass is 9.95. The molecule has 1 saturated heterocycles. The number of benzene rings is 1. The summed E-state index contributed by atoms with van der Waals surface area (Å²) in [6.07, 6.45) is 7.05. The third-order valence-electron chi connectivity index (χ3n) is 5.29. The van der Waals surface area contributed by atoms with Crippen LogP contribution in [0.25, 0.3) is 0 Å². The Kier molecular flexibility index (Phi) is 5.06. The van der Waals surface area contributed by atoms with Crippen LogP contribution < -0.4 is 4.90 Å². The normalized spacial score (nSPS) is 21.6. The minimum absolute atomic E-state index is 0.0397. The molecule has 4 amide bonds. The Morgan fingerprint density at radius 3 is 2.54 bits per heavy atom. The second-order valence-electron chi connectivity index (χ2n) is 6.98. The Hall–Kier alpha value is -3.22. The van der Waals surface area contributed by atoms with Crippen molar-refractivity contribution in [2.45, 2.75) is 6.42 Å². The molecule has 7 nitrogen and oxygen atoms in total. The van der Waals surface area contributed by atoms with E-state index < -0.39 is 11.9 Å². The monoisotopic (exact) mass is 378 g/mol. The first-order chi connectivity index (χ1) is 13.6. The zero-order chi connectivity index (χ0) is 19.5. The molecule has 0 spiro atoms. The second-order valence-corrected chi connectivity index (χ2v) is 6.98. The van der Waals surface area contributed by atoms with Crippen LogP contribution in [0.4, 0.5) is 10.5 Å². The van der Waals surface area contributed by atoms with Gasteiger partial charge in [-0.05, 0) is 18.2 Å². The first-order valence-electron chi connectivity index (χ1n) is 9.50. The zero-order valence-corrected chi connectivity index (χ0v) is 15.5. The summed E-state index contributed by atoms with van der Waals surface area (Å²) >= 11 is 0. The molecule has 0 radical (unpaired) electrons. The standard InChI is InChI=1S/C21H22N4O3/c26-19(24-14-12-23(13-15-24)16-6-2-1-3-7-16)10-11-25-20(27)17-8-4-5-9-18(17)22-21(25)28/h1-9,17H,10-15H2. The van der Waals surface area contributed by atoms with Gasteiger partial charge < -0.3 is 9.80 Å². The molecule has 2 aliphatic heterocycles. The maximum Gasteiger partial charge on any atom is 0.350 e. The van der Waals surface area contributed by atoms with Gasteiger partial charge >= 0.3 is 6.03 Å². The first-order valence-corrected chi connectivity index (χ1v) is 9.50. The number of aliphatic imine (C=N–C) groups is 1. The maximum atomic E-state index is 12.6. The average Bonchev–Trinajstić information content (AvgIpc) is 2.74. The number of hydrogen-bond acceptors (Lipinski definition) is 4. The number of carbonyl (C=O) groups excluding carboxylic acids is 3. The summed E-state index contributed by atoms with van der Waals surface area (Å²) < 4.78 is 0. The number of amides is 4. The van der Waals surface area contributed by atoms with E-state index in [0.29, 0.717) is 18.8 Å². The molecule has 0 saturated carbocycles. The smallest absolute Gasteiger partial charge is 0.350 e. The van der Waals surface area contributed by atoms with E-state index >= 15 is 0 Å². The number of imide groups is 1. The van der Waals surface area contributed by atoms with Crippen molar-refractivity contribution < 1.29 is 14.4 Å². The molecule has 1 aromatic rings. The van der Waals surface area contributed by atoms with Gasteiger partial charge in [0.25, 0.3) is 0 Å². The summed E-state index contributed by atoms with van der Waals surface area (Å²) in [5, 5.41) is 0. The van der Waals surface area contributed by atoms with Crippen molar-refractivity contribution in [1.82, 2.24) is 9.80 Å². The number of hydrogen-bond donors (Lipinski definition) is 0. The van der Waals surface area contributed by atoms with E-state index in [1.807, 2.05) is 18.2 Å². The Bertz CT molecular complexity index is 867. The molecule has 3 aliphatic rings. The van der Waals surface area contributed by atoms with E-state index in [1.54, 1.807) is 29.2 Å². The zero-order valence-electron chi connectivity index (χ0n) is 15.5. The highest BCUT2D eigenvalue weighted by molar-refractivity contribution is 6.21. The molecule has 1 aromatic carbocycles. The van der Waals surface area contributed by atoms with E-state index in [0.717, 1.165) is 23.7 Å². The summed E-state index contributed by atoms with van der Waals surface area (Å²) in [7, 11) is 0. The number of rotatable bonds is 4. The van der Waals surface area contributed by atoms with Crippen LogP contribution in [0.1, 0.15) is 6.42 Å². The predicted octanol–water partition coefficient (Wildman–Crippen LogP) is 1.87. The topological polar surface area (TPSA) is 73.3 Å². The average molecular weight is 378 g/mol. The van der Waals surface area contributed by atoms with Gasteiger partial charge in [-0.25, -0.2) is 4.79 Å². The highest BCUT2D eigenvalue weighted by Gasteiger charge is 2.36. The van der Waals surface area contributed by atoms with Crippen LogP contribution in [-0.2, 0) is 9.59 Å². The second kappa shape index (κ2) is 7.80. The van der Waals surface area contributed by atoms with Gasteiger partial charge in [0.1, 0.15) is 0 Å². The van der Waals surface area contributed by atoms with Gasteiger partial charge in [-0.2, -0.15) is 4.99 Å². The fraction of sp³-hybridized carbons (Fsp3) is 0.333. The molecule has 144 valence electrons. The molecule has 0 bridgehead atoms. The maximum absolute atomic E-state index is 12.6. The fourth-order valence-corrected chi connectivity index (χ4v) is 3.70. The third kappa shape index (κ3) is 3.60. The van der Waals surface area contributed by atoms with Crippen LogP contribution in [0.15, 0.2) is 59.6 Å². The van der Waals surface area contributed by atoms with Crippen LogP contribution in [-0.4, -0.2) is 66.1 Å². The van der Waals surface area contributed by atoms with E-state index in [9.17, 15) is 14.4 Å². The third-order valence-corrected chi connectivity index (χ3v) is 5.29. The lowest BCUT2D eigenvalue weighted by Gasteiger charge is -2.36. The lowest BCUT2D eigenvalue weighted by Crippen LogP contribution is -2.50. The molecule has 1 fully saturated rings. The van der Waals surface area contributed by atoms with Crippen molar-refractivity contribution in [2.75, 3.05) is 37.6 Å². The van der Waals surface area contributed by atoms with Crippen molar-refractivity contribution in [3.63, 3.8) is 0 Å². The molecule has 0 N–H and O–H groups in total. The lowest BCUT2D eigenvalue weighted by molar-refractivity contribution is -0.133. The highest BCUT2D eigenvalue weighted by atomic mass is 16.2. The molecular formula is C21H22N4O3. The van der Waals surface area contributed by atoms with Gasteiger partial charge in [-0.15, -0.1) is 0 Å². The molecule has 2 heterocycles. The number of allylic oxidation sites excluding steroid dienone is 3. The quantitative estimate of drug-likeness (QED) is 0.802. The summed E-state index contributed by atoms with van der Waals surface area (Å²) in [6, 6.07) is 9.54. The molecule has 1 aliphatic carbocycles. The van der Waals surface area contributed by atoms with Crippen molar-refractivity contribution >= 4 is 29.2 Å². The van der Waals surface area contributed by atoms with Gasteiger partial charge in [-0.1, -0.05) is 36.4 Å². The fourth-order valence-electron chi connectivity index (χ4n) is 3.70. The Labute approximate surface area is 163 Å². The SMILES string of the molecule is O=C(CCN1C(=O)N=C2C=CC=CC2C1=O)N1CCN(c2ccccc2)CC1. The highest BCUT2D eigenvalue weighted by Crippen LogP contribution is 2.20. The van der Waals surface area contributed by atoms with Crippen LogP contribution in [0.5, 0.6) is 0 Å². The molecule has 4 rings (SSSR count). The number of fused-ring (bicyclic) bond motifs is 1. The van der Waals surface area contributed by atoms with Crippen LogP contribution >= 0.6 is 0 Å². The van der Waals surface area contributed by atoms with Gasteiger partial charge in [0.15, 0.2) is 0 Å². The van der Waals surface area contributed by atoms with Crippen molar-refractivity contribution in [3.05, 3.63) is 54.6 Å². The number of piperazine rings is 1. The Morgan fingerprint density at radius 2 is 1.79 bits per heavy atom. The van der Waals surface area contributed by atoms with Gasteiger partial charge in [0.2, 0.25) is 11.8 Å². The molecule has 1 unspecified atom stereocenters. The number of nitrogens with zero attached hydrogens (tertiary/aromatic N) is 4. The largest absolute Gasteiger partial charge is 0.368 e. The summed E-state index contributed by atoms with van der Waals surface area (Å²) in [4.78, 5) is 46.4. The van der Waals surface area contributed by atoms with E-state index in [4.69, 9.17) is 0 Å². The molecular weight excluding hydrogens is 356 g/mol. The molecule has 0 aromatic heterocycles. The Balaban J connectivity index is 1.31. The first kappa shape index (κ1) is 18.2. The number of carbonyl (C=O) groups is 3. The van der Waals surface area contributed by atoms with Crippen LogP contribution in [0.3, 0.4) is 0 Å². The van der Waals surface area contributed by atoms with E-state index in [2.05, 4.69) is 22.0 Å². The van der Waals surface area contributed by atoms with Crippen LogP contribution in [0.2, 0.25) is 0 Å². The Morgan fingerprint density at radius 1 is 1.04 bits per heavy atom. The van der Waals surface area contributed by atoms with Crippen molar-refractivity contribution in [2.24, 2.45) is 10.9 Å². The van der Waals surface area contributed by atoms with E-state index in [-0.39, 0.29) is 24.8 Å². The summed E-state index contributed by atoms with van der Waals surface area (Å²) in [6.45, 7) is 2.87. The summed E-state index contributed by atoms with van der Waals surface area (Å²) in [5.41, 5.74) is 1.62. The number of para-hydroxylation sites is 1. The number of anilines is 1. The van der Waals surface area contributed by atoms with Gasteiger partial charge in [0, 0.05) is 44.8 Å². The molecule has 7 heteroatoms. The molecule has 28 heavy (non-hydrogen) atoms. The summed E-state index contributed by atoms with van der Waals surface area (Å²) in [5.74, 6) is -0.869.